The average Bonchev–Trinajstić information content (AvgIpc) is 3.52. The third-order valence-electron chi connectivity index (χ3n) is 6.39. The van der Waals surface area contributed by atoms with E-state index in [2.05, 4.69) is 10.2 Å². The molecular weight excluding hydrogens is 338 g/mol. The summed E-state index contributed by atoms with van der Waals surface area (Å²) < 4.78 is 0. The zero-order valence-electron chi connectivity index (χ0n) is 16.3. The van der Waals surface area contributed by atoms with Crippen LogP contribution in [0, 0.1) is 12.8 Å². The molecule has 0 spiro atoms. The molecule has 5 nitrogen and oxygen atoms in total. The van der Waals surface area contributed by atoms with Gasteiger partial charge in [-0.2, -0.15) is 0 Å². The Morgan fingerprint density at radius 2 is 1.74 bits per heavy atom. The number of nitrogens with zero attached hydrogens (tertiary/aromatic N) is 2. The van der Waals surface area contributed by atoms with E-state index in [1.54, 1.807) is 0 Å². The maximum atomic E-state index is 12.8. The Hall–Kier alpha value is -1.88. The monoisotopic (exact) mass is 369 g/mol. The summed E-state index contributed by atoms with van der Waals surface area (Å²) in [6.45, 7) is 5.60. The lowest BCUT2D eigenvalue weighted by atomic mass is 9.93. The fourth-order valence-corrected chi connectivity index (χ4v) is 4.52. The lowest BCUT2D eigenvalue weighted by Crippen LogP contribution is -2.51. The molecule has 3 aliphatic rings. The Balaban J connectivity index is 1.30. The van der Waals surface area contributed by atoms with Gasteiger partial charge in [0.25, 0.3) is 5.91 Å². The van der Waals surface area contributed by atoms with E-state index in [1.165, 1.54) is 0 Å². The molecule has 1 aromatic rings. The summed E-state index contributed by atoms with van der Waals surface area (Å²) >= 11 is 0. The zero-order chi connectivity index (χ0) is 18.8. The Morgan fingerprint density at radius 3 is 2.44 bits per heavy atom. The summed E-state index contributed by atoms with van der Waals surface area (Å²) in [6, 6.07) is 8.79. The maximum Gasteiger partial charge on any atom is 0.254 e. The van der Waals surface area contributed by atoms with Gasteiger partial charge in [-0.05, 0) is 63.6 Å². The molecule has 0 unspecified atom stereocenters. The number of hydrogen-bond donors (Lipinski definition) is 1. The van der Waals surface area contributed by atoms with Crippen molar-refractivity contribution < 1.29 is 9.59 Å². The molecule has 2 aliphatic heterocycles. The Bertz CT molecular complexity index is 693. The lowest BCUT2D eigenvalue weighted by Gasteiger charge is -2.42. The Labute approximate surface area is 162 Å². The predicted molar refractivity (Wildman–Crippen MR) is 106 cm³/mol. The van der Waals surface area contributed by atoms with Gasteiger partial charge in [-0.3, -0.25) is 14.5 Å². The fraction of sp³-hybridized carbons (Fsp3) is 0.636. The molecule has 4 rings (SSSR count). The lowest BCUT2D eigenvalue weighted by molar-refractivity contribution is -0.127. The molecule has 0 bridgehead atoms. The van der Waals surface area contributed by atoms with Crippen molar-refractivity contribution in [3.63, 3.8) is 0 Å². The maximum absolute atomic E-state index is 12.8. The second kappa shape index (κ2) is 8.01. The number of piperidine rings is 2. The predicted octanol–water partition coefficient (Wildman–Crippen LogP) is 2.59. The van der Waals surface area contributed by atoms with Crippen molar-refractivity contribution in [1.29, 1.82) is 0 Å². The van der Waals surface area contributed by atoms with Crippen LogP contribution in [0.2, 0.25) is 0 Å². The number of carbonyl (C=O) groups is 2. The second-order valence-electron chi connectivity index (χ2n) is 8.46. The Kier molecular flexibility index (Phi) is 5.48. The normalized spacial score (nSPS) is 24.6. The van der Waals surface area contributed by atoms with Crippen molar-refractivity contribution in [2.75, 3.05) is 26.2 Å². The third kappa shape index (κ3) is 4.34. The number of amides is 2. The van der Waals surface area contributed by atoms with Crippen molar-refractivity contribution in [3.05, 3.63) is 35.4 Å². The second-order valence-corrected chi connectivity index (χ2v) is 8.46. The molecule has 0 aromatic heterocycles. The molecule has 1 saturated carbocycles. The van der Waals surface area contributed by atoms with Gasteiger partial charge in [0.2, 0.25) is 5.91 Å². The van der Waals surface area contributed by atoms with Crippen LogP contribution in [-0.4, -0.2) is 59.9 Å². The first-order valence-corrected chi connectivity index (χ1v) is 10.5. The van der Waals surface area contributed by atoms with E-state index >= 15 is 0 Å². The molecule has 2 saturated heterocycles. The van der Waals surface area contributed by atoms with Crippen LogP contribution in [0.3, 0.4) is 0 Å². The van der Waals surface area contributed by atoms with E-state index < -0.39 is 0 Å². The molecule has 5 heteroatoms. The van der Waals surface area contributed by atoms with Crippen molar-refractivity contribution >= 4 is 11.8 Å². The van der Waals surface area contributed by atoms with E-state index in [0.29, 0.717) is 12.1 Å². The topological polar surface area (TPSA) is 52.7 Å². The standard InChI is InChI=1S/C22H31N3O2/c1-16-5-2-3-7-20(16)22(27)24-13-10-19(11-14-24)25-12-4-6-17(15-25)21(26)23-18-8-9-18/h2-3,5,7,17-19H,4,6,8-15H2,1H3,(H,23,26)/t17-/m1/s1. The summed E-state index contributed by atoms with van der Waals surface area (Å²) in [6.07, 6.45) is 6.43. The van der Waals surface area contributed by atoms with Crippen LogP contribution < -0.4 is 5.32 Å². The molecule has 1 aliphatic carbocycles. The largest absolute Gasteiger partial charge is 0.353 e. The highest BCUT2D eigenvalue weighted by Gasteiger charge is 2.34. The quantitative estimate of drug-likeness (QED) is 0.888. The highest BCUT2D eigenvalue weighted by atomic mass is 16.2. The van der Waals surface area contributed by atoms with Crippen molar-refractivity contribution in [1.82, 2.24) is 15.1 Å². The first kappa shape index (κ1) is 18.5. The molecule has 2 amide bonds. The van der Waals surface area contributed by atoms with Gasteiger partial charge < -0.3 is 10.2 Å². The van der Waals surface area contributed by atoms with Crippen molar-refractivity contribution in [2.24, 2.45) is 5.92 Å². The minimum absolute atomic E-state index is 0.144. The van der Waals surface area contributed by atoms with Crippen LogP contribution in [0.25, 0.3) is 0 Å². The molecule has 146 valence electrons. The molecule has 1 N–H and O–H groups in total. The fourth-order valence-electron chi connectivity index (χ4n) is 4.52. The first-order valence-electron chi connectivity index (χ1n) is 10.5. The van der Waals surface area contributed by atoms with Gasteiger partial charge in [0.1, 0.15) is 0 Å². The van der Waals surface area contributed by atoms with Crippen LogP contribution in [0.4, 0.5) is 0 Å². The van der Waals surface area contributed by atoms with Crippen LogP contribution >= 0.6 is 0 Å². The molecule has 1 aromatic carbocycles. The van der Waals surface area contributed by atoms with Gasteiger partial charge in [-0.15, -0.1) is 0 Å². The van der Waals surface area contributed by atoms with Crippen molar-refractivity contribution in [2.45, 2.75) is 57.5 Å². The smallest absolute Gasteiger partial charge is 0.254 e. The van der Waals surface area contributed by atoms with Crippen LogP contribution in [-0.2, 0) is 4.79 Å². The number of hydrogen-bond acceptors (Lipinski definition) is 3. The molecule has 3 fully saturated rings. The van der Waals surface area contributed by atoms with Crippen LogP contribution in [0.1, 0.15) is 54.4 Å². The average molecular weight is 370 g/mol. The summed E-state index contributed by atoms with van der Waals surface area (Å²) in [5.74, 6) is 0.562. The van der Waals surface area contributed by atoms with Crippen LogP contribution in [0.5, 0.6) is 0 Å². The molecule has 0 radical (unpaired) electrons. The molecule has 27 heavy (non-hydrogen) atoms. The minimum atomic E-state index is 0.144. The zero-order valence-corrected chi connectivity index (χ0v) is 16.3. The van der Waals surface area contributed by atoms with E-state index in [4.69, 9.17) is 0 Å². The molecule has 2 heterocycles. The number of rotatable bonds is 4. The number of nitrogens with one attached hydrogen (secondary N) is 1. The number of aryl methyl sites for hydroxylation is 1. The van der Waals surface area contributed by atoms with Gasteiger partial charge in [0.05, 0.1) is 5.92 Å². The van der Waals surface area contributed by atoms with Gasteiger partial charge in [0, 0.05) is 37.3 Å². The van der Waals surface area contributed by atoms with Gasteiger partial charge >= 0.3 is 0 Å². The summed E-state index contributed by atoms with van der Waals surface area (Å²) in [5, 5.41) is 3.17. The summed E-state index contributed by atoms with van der Waals surface area (Å²) in [5.41, 5.74) is 1.87. The summed E-state index contributed by atoms with van der Waals surface area (Å²) in [7, 11) is 0. The van der Waals surface area contributed by atoms with Gasteiger partial charge in [-0.25, -0.2) is 0 Å². The number of benzene rings is 1. The number of likely N-dealkylation sites (tertiary alicyclic amines) is 2. The highest BCUT2D eigenvalue weighted by molar-refractivity contribution is 5.95. The molecule has 1 atom stereocenters. The highest BCUT2D eigenvalue weighted by Crippen LogP contribution is 2.26. The van der Waals surface area contributed by atoms with E-state index in [-0.39, 0.29) is 17.7 Å². The third-order valence-corrected chi connectivity index (χ3v) is 6.39. The van der Waals surface area contributed by atoms with Gasteiger partial charge in [-0.1, -0.05) is 18.2 Å². The summed E-state index contributed by atoms with van der Waals surface area (Å²) in [4.78, 5) is 29.7. The molecular formula is C22H31N3O2. The van der Waals surface area contributed by atoms with E-state index in [0.717, 1.165) is 75.8 Å². The number of carbonyl (C=O) groups excluding carboxylic acids is 2. The van der Waals surface area contributed by atoms with Gasteiger partial charge in [0.15, 0.2) is 0 Å². The van der Waals surface area contributed by atoms with E-state index in [9.17, 15) is 9.59 Å². The van der Waals surface area contributed by atoms with Crippen molar-refractivity contribution in [3.8, 4) is 0 Å². The van der Waals surface area contributed by atoms with E-state index in [1.807, 2.05) is 36.1 Å². The Morgan fingerprint density at radius 1 is 1.00 bits per heavy atom. The van der Waals surface area contributed by atoms with Crippen LogP contribution in [0.15, 0.2) is 24.3 Å². The minimum Gasteiger partial charge on any atom is -0.353 e. The SMILES string of the molecule is Cc1ccccc1C(=O)N1CCC(N2CCC[C@@H](C(=O)NC3CC3)C2)CC1. The first-order chi connectivity index (χ1) is 13.1.